The molecule has 9 nitrogen and oxygen atoms in total. The van der Waals surface area contributed by atoms with Crippen LogP contribution < -0.4 is 4.72 Å². The van der Waals surface area contributed by atoms with Crippen molar-refractivity contribution in [3.63, 3.8) is 0 Å². The Hall–Kier alpha value is -1.05. The van der Waals surface area contributed by atoms with E-state index in [9.17, 15) is 25.3 Å². The molecule has 0 unspecified atom stereocenters. The lowest BCUT2D eigenvalue weighted by Crippen LogP contribution is -2.50. The molecule has 164 valence electrons. The summed E-state index contributed by atoms with van der Waals surface area (Å²) in [6.45, 7) is 1.88. The molecular formula is C17H27N3O6S3. The minimum Gasteiger partial charge on any atom is -0.212 e. The van der Waals surface area contributed by atoms with E-state index in [4.69, 9.17) is 0 Å². The normalized spacial score (nSPS) is 20.9. The minimum absolute atomic E-state index is 0.0101. The van der Waals surface area contributed by atoms with E-state index in [-0.39, 0.29) is 47.8 Å². The van der Waals surface area contributed by atoms with Gasteiger partial charge in [-0.2, -0.15) is 8.61 Å². The van der Waals surface area contributed by atoms with E-state index in [2.05, 4.69) is 4.72 Å². The van der Waals surface area contributed by atoms with Gasteiger partial charge in [-0.1, -0.05) is 12.8 Å². The van der Waals surface area contributed by atoms with Gasteiger partial charge in [0, 0.05) is 32.2 Å². The molecule has 12 heteroatoms. The van der Waals surface area contributed by atoms with Crippen LogP contribution in [0.5, 0.6) is 0 Å². The molecule has 1 aromatic rings. The summed E-state index contributed by atoms with van der Waals surface area (Å²) in [7, 11) is -10.9. The molecule has 0 bridgehead atoms. The number of hydrogen-bond acceptors (Lipinski definition) is 6. The molecule has 0 radical (unpaired) electrons. The van der Waals surface area contributed by atoms with Gasteiger partial charge < -0.3 is 0 Å². The van der Waals surface area contributed by atoms with E-state index >= 15 is 0 Å². The van der Waals surface area contributed by atoms with Gasteiger partial charge in [-0.3, -0.25) is 0 Å². The van der Waals surface area contributed by atoms with E-state index in [0.717, 1.165) is 25.7 Å². The van der Waals surface area contributed by atoms with Crippen molar-refractivity contribution in [2.24, 2.45) is 0 Å². The first-order valence-electron chi connectivity index (χ1n) is 9.66. The zero-order valence-electron chi connectivity index (χ0n) is 16.3. The van der Waals surface area contributed by atoms with Crippen LogP contribution in [0.15, 0.2) is 34.1 Å². The smallest absolute Gasteiger partial charge is 0.212 e. The molecule has 1 aromatic carbocycles. The van der Waals surface area contributed by atoms with Crippen molar-refractivity contribution in [3.8, 4) is 0 Å². The second-order valence-electron chi connectivity index (χ2n) is 7.28. The molecule has 1 aliphatic heterocycles. The molecule has 29 heavy (non-hydrogen) atoms. The van der Waals surface area contributed by atoms with Gasteiger partial charge in [0.15, 0.2) is 0 Å². The maximum absolute atomic E-state index is 12.8. The third-order valence-electron chi connectivity index (χ3n) is 5.40. The highest BCUT2D eigenvalue weighted by Gasteiger charge is 2.32. The zero-order chi connectivity index (χ0) is 21.3. The molecule has 1 saturated heterocycles. The summed E-state index contributed by atoms with van der Waals surface area (Å²) in [5.74, 6) is -0.0232. The Balaban J connectivity index is 1.70. The average molecular weight is 466 g/mol. The van der Waals surface area contributed by atoms with Crippen LogP contribution in [-0.2, 0) is 30.1 Å². The van der Waals surface area contributed by atoms with Crippen molar-refractivity contribution < 1.29 is 25.3 Å². The van der Waals surface area contributed by atoms with Gasteiger partial charge in [-0.15, -0.1) is 0 Å². The standard InChI is InChI=1S/C17H27N3O6S3/c1-2-27(21,22)19-11-13-20(14-12-19)29(25,26)17-9-7-16(8-10-17)28(23,24)18-15-5-3-4-6-15/h7-10,15,18H,2-6,11-14H2,1H3. The Kier molecular flexibility index (Phi) is 6.71. The lowest BCUT2D eigenvalue weighted by atomic mass is 10.3. The molecule has 2 fully saturated rings. The highest BCUT2D eigenvalue weighted by Crippen LogP contribution is 2.23. The fourth-order valence-corrected chi connectivity index (χ4v) is 7.45. The third kappa shape index (κ3) is 5.00. The van der Waals surface area contributed by atoms with Crippen LogP contribution in [0.4, 0.5) is 0 Å². The largest absolute Gasteiger partial charge is 0.243 e. The maximum Gasteiger partial charge on any atom is 0.243 e. The predicted octanol–water partition coefficient (Wildman–Crippen LogP) is 0.564. The minimum atomic E-state index is -3.83. The number of sulfonamides is 3. The lowest BCUT2D eigenvalue weighted by molar-refractivity contribution is 0.273. The summed E-state index contributed by atoms with van der Waals surface area (Å²) in [5.41, 5.74) is 0. The van der Waals surface area contributed by atoms with Crippen LogP contribution in [0.1, 0.15) is 32.6 Å². The number of benzene rings is 1. The van der Waals surface area contributed by atoms with Gasteiger partial charge in [-0.05, 0) is 44.0 Å². The predicted molar refractivity (Wildman–Crippen MR) is 109 cm³/mol. The summed E-state index contributed by atoms with van der Waals surface area (Å²) < 4.78 is 79.7. The van der Waals surface area contributed by atoms with Crippen molar-refractivity contribution in [2.45, 2.75) is 48.4 Å². The highest BCUT2D eigenvalue weighted by atomic mass is 32.2. The summed E-state index contributed by atoms with van der Waals surface area (Å²) >= 11 is 0. The van der Waals surface area contributed by atoms with Crippen LogP contribution in [0.25, 0.3) is 0 Å². The van der Waals surface area contributed by atoms with Gasteiger partial charge in [0.05, 0.1) is 15.5 Å². The molecule has 0 spiro atoms. The quantitative estimate of drug-likeness (QED) is 0.628. The Bertz CT molecular complexity index is 1020. The number of nitrogens with one attached hydrogen (secondary N) is 1. The van der Waals surface area contributed by atoms with Crippen LogP contribution in [0.3, 0.4) is 0 Å². The Morgan fingerprint density at radius 3 is 1.83 bits per heavy atom. The summed E-state index contributed by atoms with van der Waals surface area (Å²) in [5, 5.41) is 0. The van der Waals surface area contributed by atoms with E-state index in [1.165, 1.54) is 32.9 Å². The fourth-order valence-electron chi connectivity index (χ4n) is 3.64. The van der Waals surface area contributed by atoms with E-state index in [0.29, 0.717) is 0 Å². The second kappa shape index (κ2) is 8.60. The van der Waals surface area contributed by atoms with Gasteiger partial charge in [0.25, 0.3) is 0 Å². The Morgan fingerprint density at radius 1 is 0.828 bits per heavy atom. The molecule has 1 aliphatic carbocycles. The molecule has 2 aliphatic rings. The van der Waals surface area contributed by atoms with E-state index < -0.39 is 30.1 Å². The Labute approximate surface area is 173 Å². The monoisotopic (exact) mass is 465 g/mol. The summed E-state index contributed by atoms with van der Waals surface area (Å²) in [6.07, 6.45) is 3.62. The first-order valence-corrected chi connectivity index (χ1v) is 14.2. The highest BCUT2D eigenvalue weighted by molar-refractivity contribution is 7.90. The summed E-state index contributed by atoms with van der Waals surface area (Å²) in [6, 6.07) is 5.09. The molecular weight excluding hydrogens is 438 g/mol. The first-order chi connectivity index (χ1) is 13.6. The van der Waals surface area contributed by atoms with Gasteiger partial charge in [0.1, 0.15) is 0 Å². The first kappa shape index (κ1) is 22.6. The van der Waals surface area contributed by atoms with E-state index in [1.54, 1.807) is 6.92 Å². The van der Waals surface area contributed by atoms with Gasteiger partial charge in [0.2, 0.25) is 30.1 Å². The third-order valence-corrected chi connectivity index (χ3v) is 10.7. The summed E-state index contributed by atoms with van der Waals surface area (Å²) in [4.78, 5) is 0.0197. The molecule has 1 saturated carbocycles. The number of hydrogen-bond donors (Lipinski definition) is 1. The number of rotatable bonds is 7. The molecule has 0 atom stereocenters. The second-order valence-corrected chi connectivity index (χ2v) is 13.2. The maximum atomic E-state index is 12.8. The van der Waals surface area contributed by atoms with E-state index in [1.807, 2.05) is 0 Å². The lowest BCUT2D eigenvalue weighted by Gasteiger charge is -2.33. The fraction of sp³-hybridized carbons (Fsp3) is 0.647. The molecule has 1 heterocycles. The van der Waals surface area contributed by atoms with Crippen molar-refractivity contribution in [1.29, 1.82) is 0 Å². The molecule has 1 N–H and O–H groups in total. The van der Waals surface area contributed by atoms with Crippen molar-refractivity contribution in [3.05, 3.63) is 24.3 Å². The van der Waals surface area contributed by atoms with Crippen LogP contribution in [0.2, 0.25) is 0 Å². The SMILES string of the molecule is CCS(=O)(=O)N1CCN(S(=O)(=O)c2ccc(S(=O)(=O)NC3CCCC3)cc2)CC1. The van der Waals surface area contributed by atoms with Gasteiger partial charge >= 0.3 is 0 Å². The van der Waals surface area contributed by atoms with Crippen molar-refractivity contribution >= 4 is 30.1 Å². The molecule has 3 rings (SSSR count). The number of nitrogens with zero attached hydrogens (tertiary/aromatic N) is 2. The topological polar surface area (TPSA) is 121 Å². The van der Waals surface area contributed by atoms with Crippen LogP contribution >= 0.6 is 0 Å². The molecule has 0 aromatic heterocycles. The van der Waals surface area contributed by atoms with Crippen molar-refractivity contribution in [2.75, 3.05) is 31.9 Å². The Morgan fingerprint density at radius 2 is 1.31 bits per heavy atom. The van der Waals surface area contributed by atoms with Crippen molar-refractivity contribution in [1.82, 2.24) is 13.3 Å². The zero-order valence-corrected chi connectivity index (χ0v) is 18.8. The van der Waals surface area contributed by atoms with Crippen LogP contribution in [0, 0.1) is 0 Å². The van der Waals surface area contributed by atoms with Gasteiger partial charge in [-0.25, -0.2) is 30.0 Å². The number of piperazine rings is 1. The molecule has 0 amide bonds. The van der Waals surface area contributed by atoms with Crippen LogP contribution in [-0.4, -0.2) is 71.8 Å². The average Bonchev–Trinajstić information content (AvgIpc) is 3.20.